The lowest BCUT2D eigenvalue weighted by Crippen LogP contribution is -2.13. The molecule has 96 valence electrons. The van der Waals surface area contributed by atoms with Gasteiger partial charge in [0.15, 0.2) is 5.16 Å². The van der Waals surface area contributed by atoms with Crippen LogP contribution in [0.15, 0.2) is 41.8 Å². The third-order valence-electron chi connectivity index (χ3n) is 2.36. The van der Waals surface area contributed by atoms with Crippen molar-refractivity contribution < 1.29 is 4.79 Å². The first kappa shape index (κ1) is 13.2. The average molecular weight is 272 g/mol. The summed E-state index contributed by atoms with van der Waals surface area (Å²) in [6.07, 6.45) is 3.78. The van der Waals surface area contributed by atoms with Crippen LogP contribution >= 0.6 is 11.8 Å². The predicted molar refractivity (Wildman–Crippen MR) is 73.7 cm³/mol. The van der Waals surface area contributed by atoms with Crippen LogP contribution in [0, 0.1) is 11.3 Å². The Hall–Kier alpha value is -2.26. The van der Waals surface area contributed by atoms with Gasteiger partial charge >= 0.3 is 0 Å². The number of nitriles is 1. The predicted octanol–water partition coefficient (Wildman–Crippen LogP) is 2.40. The van der Waals surface area contributed by atoms with Crippen LogP contribution < -0.4 is 5.32 Å². The van der Waals surface area contributed by atoms with Gasteiger partial charge < -0.3 is 10.3 Å². The van der Waals surface area contributed by atoms with E-state index in [0.717, 1.165) is 5.16 Å². The van der Waals surface area contributed by atoms with Crippen LogP contribution in [0.25, 0.3) is 0 Å². The molecule has 0 fully saturated rings. The second-order valence-electron chi connectivity index (χ2n) is 3.70. The van der Waals surface area contributed by atoms with Crippen molar-refractivity contribution in [2.45, 2.75) is 11.6 Å². The lowest BCUT2D eigenvalue weighted by molar-refractivity contribution is -0.115. The number of rotatable bonds is 5. The number of hydrogen-bond acceptors (Lipinski definition) is 4. The van der Waals surface area contributed by atoms with E-state index in [2.05, 4.69) is 15.3 Å². The fourth-order valence-corrected chi connectivity index (χ4v) is 2.24. The largest absolute Gasteiger partial charge is 0.340 e. The Kier molecular flexibility index (Phi) is 4.59. The van der Waals surface area contributed by atoms with Crippen LogP contribution in [-0.2, 0) is 4.79 Å². The van der Waals surface area contributed by atoms with Gasteiger partial charge in [-0.25, -0.2) is 4.98 Å². The minimum Gasteiger partial charge on any atom is -0.340 e. The molecule has 0 saturated heterocycles. The molecule has 19 heavy (non-hydrogen) atoms. The molecule has 0 unspecified atom stereocenters. The normalized spacial score (nSPS) is 9.84. The highest BCUT2D eigenvalue weighted by Crippen LogP contribution is 2.16. The summed E-state index contributed by atoms with van der Waals surface area (Å²) in [6, 6.07) is 8.99. The third-order valence-corrected chi connectivity index (χ3v) is 3.27. The number of benzene rings is 1. The third kappa shape index (κ3) is 3.86. The molecule has 0 aliphatic heterocycles. The summed E-state index contributed by atoms with van der Waals surface area (Å²) in [7, 11) is 0. The molecule has 0 aliphatic rings. The number of anilines is 1. The highest BCUT2D eigenvalue weighted by atomic mass is 32.2. The van der Waals surface area contributed by atoms with Gasteiger partial charge in [0.25, 0.3) is 0 Å². The number of aromatic nitrogens is 2. The zero-order valence-electron chi connectivity index (χ0n) is 10.1. The van der Waals surface area contributed by atoms with E-state index in [9.17, 15) is 4.79 Å². The Morgan fingerprint density at radius 3 is 3.05 bits per heavy atom. The second kappa shape index (κ2) is 6.61. The monoisotopic (exact) mass is 272 g/mol. The minimum atomic E-state index is -0.109. The second-order valence-corrected chi connectivity index (χ2v) is 4.78. The summed E-state index contributed by atoms with van der Waals surface area (Å²) in [5.74, 6) is 0.524. The van der Waals surface area contributed by atoms with Crippen molar-refractivity contribution in [2.75, 3.05) is 11.1 Å². The maximum atomic E-state index is 11.7. The van der Waals surface area contributed by atoms with E-state index in [-0.39, 0.29) is 5.91 Å². The van der Waals surface area contributed by atoms with Crippen LogP contribution in [0.4, 0.5) is 5.69 Å². The van der Waals surface area contributed by atoms with Gasteiger partial charge in [0.2, 0.25) is 5.91 Å². The fraction of sp³-hybridized carbons (Fsp3) is 0.154. The summed E-state index contributed by atoms with van der Waals surface area (Å²) in [5.41, 5.74) is 1.02. The first-order chi connectivity index (χ1) is 9.29. The molecule has 1 aromatic carbocycles. The zero-order chi connectivity index (χ0) is 13.5. The van der Waals surface area contributed by atoms with Crippen LogP contribution in [0.2, 0.25) is 0 Å². The van der Waals surface area contributed by atoms with E-state index in [1.54, 1.807) is 36.7 Å². The van der Waals surface area contributed by atoms with Crippen LogP contribution in [0.5, 0.6) is 0 Å². The minimum absolute atomic E-state index is 0.109. The Bertz CT molecular complexity index is 589. The van der Waals surface area contributed by atoms with E-state index in [0.29, 0.717) is 23.4 Å². The molecular weight excluding hydrogens is 260 g/mol. The van der Waals surface area contributed by atoms with Gasteiger partial charge in [0.1, 0.15) is 6.07 Å². The number of carbonyl (C=O) groups excluding carboxylic acids is 1. The molecule has 0 saturated carbocycles. The Morgan fingerprint density at radius 2 is 2.32 bits per heavy atom. The van der Waals surface area contributed by atoms with Crippen molar-refractivity contribution in [2.24, 2.45) is 0 Å². The summed E-state index contributed by atoms with van der Waals surface area (Å²) in [4.78, 5) is 18.8. The topological polar surface area (TPSA) is 81.6 Å². The van der Waals surface area contributed by atoms with E-state index in [4.69, 9.17) is 5.26 Å². The molecule has 0 aliphatic carbocycles. The molecule has 1 amide bonds. The van der Waals surface area contributed by atoms with Crippen LogP contribution in [0.1, 0.15) is 12.0 Å². The Balaban J connectivity index is 1.83. The number of amides is 1. The fourth-order valence-electron chi connectivity index (χ4n) is 1.47. The summed E-state index contributed by atoms with van der Waals surface area (Å²) >= 11 is 1.48. The molecule has 5 nitrogen and oxygen atoms in total. The number of nitrogens with zero attached hydrogens (tertiary/aromatic N) is 2. The van der Waals surface area contributed by atoms with Gasteiger partial charge in [0.05, 0.1) is 11.3 Å². The van der Waals surface area contributed by atoms with E-state index < -0.39 is 0 Å². The van der Waals surface area contributed by atoms with Crippen LogP contribution in [-0.4, -0.2) is 21.6 Å². The number of hydrogen-bond donors (Lipinski definition) is 2. The number of para-hydroxylation sites is 1. The quantitative estimate of drug-likeness (QED) is 0.819. The Morgan fingerprint density at radius 1 is 1.47 bits per heavy atom. The molecule has 0 bridgehead atoms. The number of thioether (sulfide) groups is 1. The standard InChI is InChI=1S/C13H12N4OS/c14-9-10-3-1-2-4-11(10)17-12(18)5-8-19-13-15-6-7-16-13/h1-4,6-7H,5,8H2,(H,15,16)(H,17,18). The number of nitrogens with one attached hydrogen (secondary N) is 2. The van der Waals surface area contributed by atoms with E-state index in [1.165, 1.54) is 11.8 Å². The maximum absolute atomic E-state index is 11.7. The summed E-state index contributed by atoms with van der Waals surface area (Å²) in [5, 5.41) is 12.4. The average Bonchev–Trinajstić information content (AvgIpc) is 2.92. The van der Waals surface area contributed by atoms with Gasteiger partial charge in [-0.1, -0.05) is 23.9 Å². The highest BCUT2D eigenvalue weighted by Gasteiger charge is 2.06. The SMILES string of the molecule is N#Cc1ccccc1NC(=O)CCSc1ncc[nH]1. The Labute approximate surface area is 115 Å². The summed E-state index contributed by atoms with van der Waals surface area (Å²) in [6.45, 7) is 0. The molecule has 0 radical (unpaired) electrons. The van der Waals surface area contributed by atoms with E-state index in [1.807, 2.05) is 6.07 Å². The highest BCUT2D eigenvalue weighted by molar-refractivity contribution is 7.99. The van der Waals surface area contributed by atoms with Gasteiger partial charge in [-0.05, 0) is 12.1 Å². The molecule has 1 aromatic heterocycles. The molecule has 2 rings (SSSR count). The molecule has 0 atom stereocenters. The smallest absolute Gasteiger partial charge is 0.225 e. The lowest BCUT2D eigenvalue weighted by Gasteiger charge is -2.06. The molecule has 1 heterocycles. The van der Waals surface area contributed by atoms with Crippen molar-refractivity contribution in [3.05, 3.63) is 42.2 Å². The van der Waals surface area contributed by atoms with Crippen molar-refractivity contribution in [1.29, 1.82) is 5.26 Å². The molecule has 2 N–H and O–H groups in total. The van der Waals surface area contributed by atoms with Gasteiger partial charge in [-0.2, -0.15) is 5.26 Å². The van der Waals surface area contributed by atoms with Gasteiger partial charge in [0, 0.05) is 24.6 Å². The maximum Gasteiger partial charge on any atom is 0.225 e. The molecule has 0 spiro atoms. The zero-order valence-corrected chi connectivity index (χ0v) is 10.9. The van der Waals surface area contributed by atoms with Crippen molar-refractivity contribution in [3.63, 3.8) is 0 Å². The number of H-pyrrole nitrogens is 1. The van der Waals surface area contributed by atoms with E-state index >= 15 is 0 Å². The van der Waals surface area contributed by atoms with Gasteiger partial charge in [-0.15, -0.1) is 0 Å². The first-order valence-electron chi connectivity index (χ1n) is 5.71. The van der Waals surface area contributed by atoms with Crippen LogP contribution in [0.3, 0.4) is 0 Å². The molecule has 2 aromatic rings. The molecular formula is C13H12N4OS. The van der Waals surface area contributed by atoms with Crippen molar-refractivity contribution in [3.8, 4) is 6.07 Å². The van der Waals surface area contributed by atoms with Crippen molar-refractivity contribution >= 4 is 23.4 Å². The van der Waals surface area contributed by atoms with Crippen molar-refractivity contribution in [1.82, 2.24) is 9.97 Å². The lowest BCUT2D eigenvalue weighted by atomic mass is 10.2. The first-order valence-corrected chi connectivity index (χ1v) is 6.69. The van der Waals surface area contributed by atoms with Gasteiger partial charge in [-0.3, -0.25) is 4.79 Å². The number of imidazole rings is 1. The molecule has 6 heteroatoms. The number of carbonyl (C=O) groups is 1. The number of aromatic amines is 1. The summed E-state index contributed by atoms with van der Waals surface area (Å²) < 4.78 is 0.